The SMILES string of the molecule is c1cc2c(cc1-c1cn3c4c(sc3n1)CNCC4)CCCC2. The molecule has 1 aliphatic carbocycles. The van der Waals surface area contributed by atoms with Crippen LogP contribution in [0.25, 0.3) is 16.2 Å². The molecule has 0 unspecified atom stereocenters. The van der Waals surface area contributed by atoms with E-state index in [2.05, 4.69) is 34.1 Å². The molecule has 4 heteroatoms. The Balaban J connectivity index is 1.60. The van der Waals surface area contributed by atoms with Crippen molar-refractivity contribution in [2.45, 2.75) is 38.6 Å². The van der Waals surface area contributed by atoms with Gasteiger partial charge in [0.15, 0.2) is 4.96 Å². The molecule has 3 heterocycles. The van der Waals surface area contributed by atoms with Crippen LogP contribution in [-0.4, -0.2) is 15.9 Å². The molecule has 3 aromatic rings. The van der Waals surface area contributed by atoms with Crippen LogP contribution < -0.4 is 5.32 Å². The Kier molecular flexibility index (Phi) is 2.88. The lowest BCUT2D eigenvalue weighted by molar-refractivity contribution is 0.638. The predicted octanol–water partition coefficient (Wildman–Crippen LogP) is 3.59. The Hall–Kier alpha value is -1.65. The van der Waals surface area contributed by atoms with Crippen LogP contribution >= 0.6 is 11.3 Å². The van der Waals surface area contributed by atoms with E-state index in [9.17, 15) is 0 Å². The molecule has 0 saturated heterocycles. The molecule has 1 aliphatic heterocycles. The van der Waals surface area contributed by atoms with Crippen molar-refractivity contribution in [3.8, 4) is 11.3 Å². The van der Waals surface area contributed by atoms with Gasteiger partial charge >= 0.3 is 0 Å². The molecule has 3 nitrogen and oxygen atoms in total. The van der Waals surface area contributed by atoms with Crippen LogP contribution in [-0.2, 0) is 25.8 Å². The number of benzene rings is 1. The summed E-state index contributed by atoms with van der Waals surface area (Å²) in [4.78, 5) is 7.48. The Labute approximate surface area is 134 Å². The Bertz CT molecular complexity index is 859. The molecule has 0 radical (unpaired) electrons. The number of nitrogens with zero attached hydrogens (tertiary/aromatic N) is 2. The van der Waals surface area contributed by atoms with Gasteiger partial charge in [-0.3, -0.25) is 4.40 Å². The van der Waals surface area contributed by atoms with Crippen molar-refractivity contribution in [1.82, 2.24) is 14.7 Å². The fourth-order valence-corrected chi connectivity index (χ4v) is 4.89. The van der Waals surface area contributed by atoms with Crippen molar-refractivity contribution in [3.05, 3.63) is 46.1 Å². The molecule has 0 bridgehead atoms. The lowest BCUT2D eigenvalue weighted by Crippen LogP contribution is -2.23. The highest BCUT2D eigenvalue weighted by Gasteiger charge is 2.18. The number of rotatable bonds is 1. The topological polar surface area (TPSA) is 29.3 Å². The van der Waals surface area contributed by atoms with Gasteiger partial charge in [0.05, 0.1) is 5.69 Å². The Morgan fingerprint density at radius 2 is 2.00 bits per heavy atom. The average Bonchev–Trinajstić information content (AvgIpc) is 3.12. The molecule has 1 aromatic carbocycles. The van der Waals surface area contributed by atoms with E-state index < -0.39 is 0 Å². The highest BCUT2D eigenvalue weighted by atomic mass is 32.1. The number of hydrogen-bond acceptors (Lipinski definition) is 3. The smallest absolute Gasteiger partial charge is 0.194 e. The van der Waals surface area contributed by atoms with Crippen LogP contribution in [0.4, 0.5) is 0 Å². The normalized spacial score (nSPS) is 17.5. The minimum atomic E-state index is 0.998. The summed E-state index contributed by atoms with van der Waals surface area (Å²) in [7, 11) is 0. The van der Waals surface area contributed by atoms with E-state index in [0.29, 0.717) is 0 Å². The van der Waals surface area contributed by atoms with Crippen molar-refractivity contribution in [2.24, 2.45) is 0 Å². The van der Waals surface area contributed by atoms with Gasteiger partial charge in [0, 0.05) is 41.8 Å². The zero-order valence-corrected chi connectivity index (χ0v) is 13.4. The van der Waals surface area contributed by atoms with Crippen LogP contribution in [0.15, 0.2) is 24.4 Å². The third kappa shape index (κ3) is 1.94. The molecule has 0 amide bonds. The van der Waals surface area contributed by atoms with E-state index in [1.165, 1.54) is 47.4 Å². The summed E-state index contributed by atoms with van der Waals surface area (Å²) < 4.78 is 2.32. The molecule has 0 atom stereocenters. The first-order valence-corrected chi connectivity index (χ1v) is 9.03. The molecule has 5 rings (SSSR count). The second-order valence-electron chi connectivity index (χ2n) is 6.37. The average molecular weight is 309 g/mol. The molecule has 0 saturated carbocycles. The number of hydrogen-bond donors (Lipinski definition) is 1. The van der Waals surface area contributed by atoms with Crippen LogP contribution in [0, 0.1) is 0 Å². The number of aromatic nitrogens is 2. The minimum Gasteiger partial charge on any atom is -0.311 e. The second-order valence-corrected chi connectivity index (χ2v) is 7.43. The molecule has 0 fully saturated rings. The first-order chi connectivity index (χ1) is 10.9. The maximum absolute atomic E-state index is 4.89. The molecular formula is C18H19N3S. The van der Waals surface area contributed by atoms with Crippen molar-refractivity contribution in [3.63, 3.8) is 0 Å². The minimum absolute atomic E-state index is 0.998. The number of imidazole rings is 1. The third-order valence-electron chi connectivity index (χ3n) is 4.97. The summed E-state index contributed by atoms with van der Waals surface area (Å²) in [6, 6.07) is 6.94. The largest absolute Gasteiger partial charge is 0.311 e. The molecule has 22 heavy (non-hydrogen) atoms. The zero-order valence-electron chi connectivity index (χ0n) is 12.6. The summed E-state index contributed by atoms with van der Waals surface area (Å²) in [6.07, 6.45) is 8.48. The van der Waals surface area contributed by atoms with E-state index in [4.69, 9.17) is 4.98 Å². The summed E-state index contributed by atoms with van der Waals surface area (Å²) in [6.45, 7) is 2.07. The maximum atomic E-state index is 4.89. The van der Waals surface area contributed by atoms with Crippen LogP contribution in [0.3, 0.4) is 0 Å². The summed E-state index contributed by atoms with van der Waals surface area (Å²) >= 11 is 1.83. The number of thiazole rings is 1. The van der Waals surface area contributed by atoms with E-state index in [0.717, 1.165) is 30.2 Å². The van der Waals surface area contributed by atoms with Gasteiger partial charge in [-0.2, -0.15) is 0 Å². The van der Waals surface area contributed by atoms with Gasteiger partial charge in [-0.15, -0.1) is 0 Å². The van der Waals surface area contributed by atoms with Crippen molar-refractivity contribution >= 4 is 16.3 Å². The lowest BCUT2D eigenvalue weighted by atomic mass is 9.90. The number of aryl methyl sites for hydroxylation is 2. The summed E-state index contributed by atoms with van der Waals surface area (Å²) in [5, 5.41) is 3.44. The van der Waals surface area contributed by atoms with Gasteiger partial charge in [0.25, 0.3) is 0 Å². The van der Waals surface area contributed by atoms with Gasteiger partial charge in [-0.25, -0.2) is 4.98 Å². The van der Waals surface area contributed by atoms with Gasteiger partial charge in [-0.1, -0.05) is 23.5 Å². The van der Waals surface area contributed by atoms with E-state index >= 15 is 0 Å². The van der Waals surface area contributed by atoms with Gasteiger partial charge in [0.1, 0.15) is 0 Å². The molecule has 0 spiro atoms. The summed E-state index contributed by atoms with van der Waals surface area (Å²) in [5.41, 5.74) is 6.93. The third-order valence-corrected chi connectivity index (χ3v) is 6.07. The van der Waals surface area contributed by atoms with Crippen LogP contribution in [0.5, 0.6) is 0 Å². The van der Waals surface area contributed by atoms with Crippen molar-refractivity contribution in [1.29, 1.82) is 0 Å². The van der Waals surface area contributed by atoms with E-state index in [1.807, 2.05) is 11.3 Å². The monoisotopic (exact) mass is 309 g/mol. The van der Waals surface area contributed by atoms with Crippen LogP contribution in [0.1, 0.15) is 34.5 Å². The van der Waals surface area contributed by atoms with Gasteiger partial charge in [-0.05, 0) is 42.9 Å². The standard InChI is InChI=1S/C18H19N3S/c1-2-4-13-9-14(6-5-12(13)3-1)15-11-21-16-7-8-19-10-17(16)22-18(21)20-15/h5-6,9,11,19H,1-4,7-8,10H2. The van der Waals surface area contributed by atoms with E-state index in [1.54, 1.807) is 5.56 Å². The quantitative estimate of drug-likeness (QED) is 0.744. The van der Waals surface area contributed by atoms with Crippen molar-refractivity contribution in [2.75, 3.05) is 6.54 Å². The molecule has 2 aliphatic rings. The predicted molar refractivity (Wildman–Crippen MR) is 90.6 cm³/mol. The first kappa shape index (κ1) is 12.9. The van der Waals surface area contributed by atoms with Gasteiger partial charge in [0.2, 0.25) is 0 Å². The lowest BCUT2D eigenvalue weighted by Gasteiger charge is -2.16. The first-order valence-electron chi connectivity index (χ1n) is 8.21. The van der Waals surface area contributed by atoms with Crippen molar-refractivity contribution < 1.29 is 0 Å². The van der Waals surface area contributed by atoms with E-state index in [-0.39, 0.29) is 0 Å². The highest BCUT2D eigenvalue weighted by Crippen LogP contribution is 2.31. The number of nitrogens with one attached hydrogen (secondary N) is 1. The molecule has 112 valence electrons. The summed E-state index contributed by atoms with van der Waals surface area (Å²) in [5.74, 6) is 0. The fraction of sp³-hybridized carbons (Fsp3) is 0.389. The molecular weight excluding hydrogens is 290 g/mol. The zero-order chi connectivity index (χ0) is 14.5. The molecule has 2 aromatic heterocycles. The molecule has 1 N–H and O–H groups in total. The second kappa shape index (κ2) is 4.93. The van der Waals surface area contributed by atoms with Gasteiger partial charge < -0.3 is 5.32 Å². The number of fused-ring (bicyclic) bond motifs is 4. The Morgan fingerprint density at radius 1 is 1.09 bits per heavy atom. The maximum Gasteiger partial charge on any atom is 0.194 e. The van der Waals surface area contributed by atoms with Crippen LogP contribution in [0.2, 0.25) is 0 Å². The fourth-order valence-electron chi connectivity index (χ4n) is 3.77. The highest BCUT2D eigenvalue weighted by molar-refractivity contribution is 7.17. The Morgan fingerprint density at radius 3 is 2.95 bits per heavy atom.